The molecule has 0 aliphatic heterocycles. The maximum absolute atomic E-state index is 14.4. The number of carbonyl (C=O) groups excluding carboxylic acids is 2. The summed E-state index contributed by atoms with van der Waals surface area (Å²) >= 11 is 0. The number of rotatable bonds is 12. The van der Waals surface area contributed by atoms with Crippen LogP contribution in [0.2, 0.25) is 0 Å². The van der Waals surface area contributed by atoms with Crippen molar-refractivity contribution in [1.82, 2.24) is 10.2 Å². The van der Waals surface area contributed by atoms with Crippen LogP contribution in [0.15, 0.2) is 77.7 Å². The van der Waals surface area contributed by atoms with Gasteiger partial charge in [0.2, 0.25) is 11.8 Å². The summed E-state index contributed by atoms with van der Waals surface area (Å²) in [6, 6.07) is 21.2. The molecule has 0 radical (unpaired) electrons. The van der Waals surface area contributed by atoms with Gasteiger partial charge in [-0.3, -0.25) is 13.9 Å². The van der Waals surface area contributed by atoms with Crippen LogP contribution in [0.25, 0.3) is 0 Å². The molecule has 0 heterocycles. The molecule has 1 fully saturated rings. The maximum atomic E-state index is 14.4. The van der Waals surface area contributed by atoms with Gasteiger partial charge in [-0.25, -0.2) is 8.42 Å². The first-order chi connectivity index (χ1) is 20.6. The van der Waals surface area contributed by atoms with Gasteiger partial charge in [0.25, 0.3) is 10.0 Å². The van der Waals surface area contributed by atoms with Gasteiger partial charge in [-0.2, -0.15) is 0 Å². The topological polar surface area (TPSA) is 86.8 Å². The summed E-state index contributed by atoms with van der Waals surface area (Å²) in [6.45, 7) is 7.52. The summed E-state index contributed by atoms with van der Waals surface area (Å²) in [6.07, 6.45) is 6.21. The largest absolute Gasteiger partial charge is 0.352 e. The van der Waals surface area contributed by atoms with Gasteiger partial charge in [-0.1, -0.05) is 98.8 Å². The average Bonchev–Trinajstić information content (AvgIpc) is 3.00. The Kier molecular flexibility index (Phi) is 11.0. The van der Waals surface area contributed by atoms with E-state index in [1.54, 1.807) is 41.3 Å². The number of amides is 2. The van der Waals surface area contributed by atoms with Crippen LogP contribution in [0, 0.1) is 13.8 Å². The fourth-order valence-corrected chi connectivity index (χ4v) is 7.33. The summed E-state index contributed by atoms with van der Waals surface area (Å²) in [5.41, 5.74) is 4.16. The molecule has 8 heteroatoms. The molecule has 4 rings (SSSR count). The Hall–Kier alpha value is -3.65. The Bertz CT molecular complexity index is 1500. The summed E-state index contributed by atoms with van der Waals surface area (Å²) in [7, 11) is -4.10. The highest BCUT2D eigenvalue weighted by Gasteiger charge is 2.35. The van der Waals surface area contributed by atoms with E-state index in [2.05, 4.69) is 5.32 Å². The molecule has 2 amide bonds. The number of anilines is 1. The predicted octanol–water partition coefficient (Wildman–Crippen LogP) is 6.32. The third-order valence-corrected chi connectivity index (χ3v) is 10.1. The van der Waals surface area contributed by atoms with Gasteiger partial charge < -0.3 is 10.2 Å². The molecule has 3 aromatic rings. The van der Waals surface area contributed by atoms with Gasteiger partial charge in [0.1, 0.15) is 12.6 Å². The van der Waals surface area contributed by atoms with Crippen LogP contribution in [0.1, 0.15) is 74.6 Å². The quantitative estimate of drug-likeness (QED) is 0.263. The van der Waals surface area contributed by atoms with Crippen molar-refractivity contribution in [1.29, 1.82) is 0 Å². The first-order valence-corrected chi connectivity index (χ1v) is 16.9. The van der Waals surface area contributed by atoms with E-state index in [9.17, 15) is 18.0 Å². The predicted molar refractivity (Wildman–Crippen MR) is 172 cm³/mol. The van der Waals surface area contributed by atoms with Crippen LogP contribution in [0.5, 0.6) is 0 Å². The number of hydrogen-bond acceptors (Lipinski definition) is 4. The Morgan fingerprint density at radius 2 is 1.58 bits per heavy atom. The minimum absolute atomic E-state index is 0.0982. The molecule has 1 saturated carbocycles. The Balaban J connectivity index is 1.73. The van der Waals surface area contributed by atoms with Crippen LogP contribution in [-0.2, 0) is 32.6 Å². The van der Waals surface area contributed by atoms with Crippen molar-refractivity contribution in [2.45, 2.75) is 96.2 Å². The zero-order valence-electron chi connectivity index (χ0n) is 25.9. The van der Waals surface area contributed by atoms with Crippen molar-refractivity contribution in [3.63, 3.8) is 0 Å². The summed E-state index contributed by atoms with van der Waals surface area (Å²) < 4.78 is 29.6. The molecule has 0 saturated heterocycles. The van der Waals surface area contributed by atoms with Crippen LogP contribution in [-0.4, -0.2) is 43.8 Å². The number of aryl methyl sites for hydroxylation is 3. The second kappa shape index (κ2) is 14.7. The van der Waals surface area contributed by atoms with E-state index < -0.39 is 28.5 Å². The first kappa shape index (κ1) is 32.3. The second-order valence-electron chi connectivity index (χ2n) is 11.6. The highest BCUT2D eigenvalue weighted by molar-refractivity contribution is 7.92. The van der Waals surface area contributed by atoms with Gasteiger partial charge in [-0.05, 0) is 68.9 Å². The van der Waals surface area contributed by atoms with Gasteiger partial charge in [0, 0.05) is 12.6 Å². The lowest BCUT2D eigenvalue weighted by atomic mass is 9.95. The number of benzene rings is 3. The Morgan fingerprint density at radius 1 is 0.884 bits per heavy atom. The van der Waals surface area contributed by atoms with E-state index in [0.29, 0.717) is 18.5 Å². The zero-order valence-corrected chi connectivity index (χ0v) is 26.7. The maximum Gasteiger partial charge on any atom is 0.264 e. The van der Waals surface area contributed by atoms with Crippen molar-refractivity contribution in [3.05, 3.63) is 95.1 Å². The molecule has 1 atom stereocenters. The van der Waals surface area contributed by atoms with Crippen molar-refractivity contribution in [2.24, 2.45) is 0 Å². The van der Waals surface area contributed by atoms with Crippen LogP contribution < -0.4 is 9.62 Å². The van der Waals surface area contributed by atoms with E-state index in [0.717, 1.165) is 47.9 Å². The molecule has 0 bridgehead atoms. The minimum Gasteiger partial charge on any atom is -0.352 e. The number of nitrogens with one attached hydrogen (secondary N) is 1. The highest BCUT2D eigenvalue weighted by Crippen LogP contribution is 2.29. The normalized spacial score (nSPS) is 14.6. The Labute approximate surface area is 257 Å². The van der Waals surface area contributed by atoms with Crippen LogP contribution in [0.4, 0.5) is 5.69 Å². The fourth-order valence-electron chi connectivity index (χ4n) is 5.87. The van der Waals surface area contributed by atoms with Crippen LogP contribution in [0.3, 0.4) is 0 Å². The Morgan fingerprint density at radius 3 is 2.23 bits per heavy atom. The van der Waals surface area contributed by atoms with E-state index in [4.69, 9.17) is 0 Å². The third kappa shape index (κ3) is 8.05. The molecule has 230 valence electrons. The molecule has 1 aliphatic rings. The van der Waals surface area contributed by atoms with Crippen LogP contribution >= 0.6 is 0 Å². The molecule has 1 aliphatic carbocycles. The van der Waals surface area contributed by atoms with E-state index in [1.807, 2.05) is 64.1 Å². The second-order valence-corrected chi connectivity index (χ2v) is 13.4. The molecule has 0 unspecified atom stereocenters. The SMILES string of the molecule is CCc1ccccc1N(CC(=O)N(Cc1cccc(C)c1)[C@@H](CC)C(=O)NC1CCCCC1)S(=O)(=O)c1ccc(C)cc1. The summed E-state index contributed by atoms with van der Waals surface area (Å²) in [5.74, 6) is -0.606. The smallest absolute Gasteiger partial charge is 0.264 e. The van der Waals surface area contributed by atoms with Crippen molar-refractivity contribution in [2.75, 3.05) is 10.8 Å². The van der Waals surface area contributed by atoms with Crippen molar-refractivity contribution >= 4 is 27.5 Å². The van der Waals surface area contributed by atoms with E-state index in [-0.39, 0.29) is 23.4 Å². The molecule has 43 heavy (non-hydrogen) atoms. The standard InChI is InChI=1S/C35H45N3O4S/c1-5-29-15-10-11-18-33(29)38(43(41,42)31-21-19-26(3)20-22-31)25-34(39)37(24-28-14-12-13-27(4)23-28)32(6-2)35(40)36-30-16-8-7-9-17-30/h10-15,18-23,30,32H,5-9,16-17,24-25H2,1-4H3,(H,36,40)/t32-/m0/s1. The lowest BCUT2D eigenvalue weighted by Gasteiger charge is -2.35. The molecular weight excluding hydrogens is 558 g/mol. The fraction of sp³-hybridized carbons (Fsp3) is 0.429. The average molecular weight is 604 g/mol. The van der Waals surface area contributed by atoms with E-state index in [1.165, 1.54) is 10.7 Å². The van der Waals surface area contributed by atoms with Gasteiger partial charge >= 0.3 is 0 Å². The first-order valence-electron chi connectivity index (χ1n) is 15.5. The molecular formula is C35H45N3O4S. The lowest BCUT2D eigenvalue weighted by molar-refractivity contribution is -0.140. The number of sulfonamides is 1. The monoisotopic (exact) mass is 603 g/mol. The number of para-hydroxylation sites is 1. The van der Waals surface area contributed by atoms with Crippen molar-refractivity contribution in [3.8, 4) is 0 Å². The summed E-state index contributed by atoms with van der Waals surface area (Å²) in [4.78, 5) is 29.8. The lowest BCUT2D eigenvalue weighted by Crippen LogP contribution is -2.54. The molecule has 0 spiro atoms. The molecule has 1 N–H and O–H groups in total. The number of hydrogen-bond donors (Lipinski definition) is 1. The number of carbonyl (C=O) groups is 2. The van der Waals surface area contributed by atoms with Gasteiger partial charge in [-0.15, -0.1) is 0 Å². The molecule has 7 nitrogen and oxygen atoms in total. The highest BCUT2D eigenvalue weighted by atomic mass is 32.2. The van der Waals surface area contributed by atoms with Gasteiger partial charge in [0.15, 0.2) is 0 Å². The zero-order chi connectivity index (χ0) is 31.0. The molecule has 0 aromatic heterocycles. The van der Waals surface area contributed by atoms with Gasteiger partial charge in [0.05, 0.1) is 10.6 Å². The number of nitrogens with zero attached hydrogens (tertiary/aromatic N) is 2. The third-order valence-electron chi connectivity index (χ3n) is 8.30. The minimum atomic E-state index is -4.10. The molecule has 3 aromatic carbocycles. The summed E-state index contributed by atoms with van der Waals surface area (Å²) in [5, 5.41) is 3.20. The van der Waals surface area contributed by atoms with Crippen molar-refractivity contribution < 1.29 is 18.0 Å². The van der Waals surface area contributed by atoms with E-state index >= 15 is 0 Å².